The number of hydrogen-bond donors (Lipinski definition) is 6. The van der Waals surface area contributed by atoms with E-state index in [2.05, 4.69) is 13.8 Å². The SMILES string of the molecule is CCCCCCCCCc1ccccc1C(OP(O)O)(c1ccccc1CCCCCCCCC)C(CO)(CO)COP(O)O. The molecule has 0 atom stereocenters. The number of unbranched alkanes of at least 4 members (excludes halogenated alkanes) is 12. The van der Waals surface area contributed by atoms with Crippen LogP contribution in [-0.2, 0) is 27.5 Å². The summed E-state index contributed by atoms with van der Waals surface area (Å²) in [7, 11) is -5.84. The van der Waals surface area contributed by atoms with E-state index < -0.39 is 48.0 Å². The Balaban J connectivity index is 2.64. The molecule has 0 bridgehead atoms. The number of aryl methyl sites for hydroxylation is 2. The van der Waals surface area contributed by atoms with E-state index in [4.69, 9.17) is 9.05 Å². The van der Waals surface area contributed by atoms with Crippen LogP contribution in [0.5, 0.6) is 0 Å². The topological polar surface area (TPSA) is 140 Å². The van der Waals surface area contributed by atoms with Gasteiger partial charge in [0, 0.05) is 0 Å². The van der Waals surface area contributed by atoms with Crippen LogP contribution in [0.1, 0.15) is 126 Å². The van der Waals surface area contributed by atoms with E-state index in [-0.39, 0.29) is 0 Å². The summed E-state index contributed by atoms with van der Waals surface area (Å²) in [6.45, 7) is 2.53. The van der Waals surface area contributed by atoms with Gasteiger partial charge in [0.1, 0.15) is 5.60 Å². The van der Waals surface area contributed by atoms with Crippen molar-refractivity contribution in [3.05, 3.63) is 70.8 Å². The normalized spacial score (nSPS) is 12.5. The van der Waals surface area contributed by atoms with Crippen molar-refractivity contribution in [2.24, 2.45) is 5.41 Å². The van der Waals surface area contributed by atoms with E-state index in [1.54, 1.807) is 0 Å². The van der Waals surface area contributed by atoms with E-state index in [1.807, 2.05) is 48.5 Å². The summed E-state index contributed by atoms with van der Waals surface area (Å²) in [5.41, 5.74) is -0.522. The minimum atomic E-state index is -3.01. The van der Waals surface area contributed by atoms with Gasteiger partial charge in [-0.1, -0.05) is 139 Å². The summed E-state index contributed by atoms with van der Waals surface area (Å²) < 4.78 is 11.5. The molecule has 6 N–H and O–H groups in total. The summed E-state index contributed by atoms with van der Waals surface area (Å²) in [5, 5.41) is 22.1. The molecular weight excluding hydrogens is 610 g/mol. The van der Waals surface area contributed by atoms with Crippen LogP contribution >= 0.6 is 17.2 Å². The molecule has 0 amide bonds. The Labute approximate surface area is 273 Å². The fourth-order valence-corrected chi connectivity index (χ4v) is 7.39. The van der Waals surface area contributed by atoms with Crippen molar-refractivity contribution in [3.63, 3.8) is 0 Å². The van der Waals surface area contributed by atoms with Crippen LogP contribution in [0.3, 0.4) is 0 Å². The van der Waals surface area contributed by atoms with E-state index in [0.29, 0.717) is 24.0 Å². The smallest absolute Gasteiger partial charge is 0.328 e. The van der Waals surface area contributed by atoms with Crippen LogP contribution in [-0.4, -0.2) is 49.6 Å². The molecule has 0 aliphatic carbocycles. The Kier molecular flexibility index (Phi) is 20.1. The third-order valence-electron chi connectivity index (χ3n) is 8.92. The Hall–Kier alpha value is -1.02. The molecule has 0 saturated carbocycles. The van der Waals surface area contributed by atoms with Gasteiger partial charge in [0.05, 0.1) is 25.2 Å². The molecule has 2 rings (SSSR count). The minimum Gasteiger partial charge on any atom is -0.395 e. The molecule has 256 valence electrons. The van der Waals surface area contributed by atoms with Crippen LogP contribution < -0.4 is 0 Å². The summed E-state index contributed by atoms with van der Waals surface area (Å²) in [6.07, 6.45) is 17.2. The highest BCUT2D eigenvalue weighted by Gasteiger charge is 2.58. The zero-order valence-electron chi connectivity index (χ0n) is 27.4. The van der Waals surface area contributed by atoms with Gasteiger partial charge in [-0.2, -0.15) is 0 Å². The maximum absolute atomic E-state index is 11.0. The molecule has 0 unspecified atom stereocenters. The highest BCUT2D eigenvalue weighted by atomic mass is 31.2. The first-order chi connectivity index (χ1) is 21.8. The maximum atomic E-state index is 11.0. The summed E-state index contributed by atoms with van der Waals surface area (Å²) >= 11 is 0. The van der Waals surface area contributed by atoms with Crippen molar-refractivity contribution in [1.29, 1.82) is 0 Å². The van der Waals surface area contributed by atoms with Crippen LogP contribution in [0.4, 0.5) is 0 Å². The van der Waals surface area contributed by atoms with Gasteiger partial charge in [-0.3, -0.25) is 4.52 Å². The number of rotatable bonds is 26. The predicted molar refractivity (Wildman–Crippen MR) is 183 cm³/mol. The monoisotopic (exact) mass is 668 g/mol. The second kappa shape index (κ2) is 22.5. The van der Waals surface area contributed by atoms with Gasteiger partial charge in [-0.25, -0.2) is 0 Å². The quantitative estimate of drug-likeness (QED) is 0.0439. The van der Waals surface area contributed by atoms with Crippen molar-refractivity contribution in [2.45, 2.75) is 122 Å². The highest BCUT2D eigenvalue weighted by Crippen LogP contribution is 2.56. The third kappa shape index (κ3) is 12.2. The van der Waals surface area contributed by atoms with Crippen molar-refractivity contribution < 1.29 is 38.8 Å². The van der Waals surface area contributed by atoms with Crippen LogP contribution in [0.25, 0.3) is 0 Å². The zero-order valence-corrected chi connectivity index (χ0v) is 29.2. The van der Waals surface area contributed by atoms with Crippen molar-refractivity contribution in [1.82, 2.24) is 0 Å². The first-order valence-electron chi connectivity index (χ1n) is 16.9. The molecule has 2 aromatic carbocycles. The average molecular weight is 669 g/mol. The lowest BCUT2D eigenvalue weighted by Crippen LogP contribution is -2.56. The van der Waals surface area contributed by atoms with E-state index >= 15 is 0 Å². The fourth-order valence-electron chi connectivity index (χ4n) is 6.39. The average Bonchev–Trinajstić information content (AvgIpc) is 3.04. The Morgan fingerprint density at radius 1 is 0.556 bits per heavy atom. The van der Waals surface area contributed by atoms with Crippen molar-refractivity contribution >= 4 is 17.2 Å². The molecule has 0 saturated heterocycles. The summed E-state index contributed by atoms with van der Waals surface area (Å²) in [6, 6.07) is 15.2. The highest BCUT2D eigenvalue weighted by molar-refractivity contribution is 7.39. The third-order valence-corrected chi connectivity index (χ3v) is 9.72. The number of benzene rings is 2. The summed E-state index contributed by atoms with van der Waals surface area (Å²) in [5.74, 6) is 0. The molecule has 8 nitrogen and oxygen atoms in total. The molecule has 2 aromatic rings. The molecule has 0 heterocycles. The second-order valence-corrected chi connectivity index (χ2v) is 13.7. The van der Waals surface area contributed by atoms with E-state index in [1.165, 1.54) is 51.4 Å². The molecule has 10 heteroatoms. The number of aliphatic hydroxyl groups is 2. The molecule has 0 spiro atoms. The van der Waals surface area contributed by atoms with Gasteiger partial charge in [-0.05, 0) is 47.9 Å². The Morgan fingerprint density at radius 3 is 1.33 bits per heavy atom. The first-order valence-corrected chi connectivity index (χ1v) is 19.2. The van der Waals surface area contributed by atoms with Crippen LogP contribution in [0, 0.1) is 5.41 Å². The molecular formula is C35H58O8P2. The molecule has 45 heavy (non-hydrogen) atoms. The molecule has 0 radical (unpaired) electrons. The predicted octanol–water partition coefficient (Wildman–Crippen LogP) is 7.94. The lowest BCUT2D eigenvalue weighted by molar-refractivity contribution is -0.121. The van der Waals surface area contributed by atoms with Crippen LogP contribution in [0.2, 0.25) is 0 Å². The van der Waals surface area contributed by atoms with Gasteiger partial charge in [-0.15, -0.1) is 0 Å². The van der Waals surface area contributed by atoms with Crippen LogP contribution in [0.15, 0.2) is 48.5 Å². The largest absolute Gasteiger partial charge is 0.395 e. The Morgan fingerprint density at radius 2 is 0.956 bits per heavy atom. The first kappa shape index (κ1) is 40.2. The van der Waals surface area contributed by atoms with Gasteiger partial charge in [0.2, 0.25) is 0 Å². The number of aliphatic hydroxyl groups excluding tert-OH is 2. The fraction of sp³-hybridized carbons (Fsp3) is 0.657. The molecule has 0 aliphatic rings. The van der Waals surface area contributed by atoms with Crippen molar-refractivity contribution in [2.75, 3.05) is 19.8 Å². The van der Waals surface area contributed by atoms with Gasteiger partial charge in [0.15, 0.2) is 0 Å². The molecule has 0 aliphatic heterocycles. The van der Waals surface area contributed by atoms with E-state index in [9.17, 15) is 29.8 Å². The second-order valence-electron chi connectivity index (χ2n) is 12.2. The minimum absolute atomic E-state index is 0.501. The number of hydrogen-bond acceptors (Lipinski definition) is 8. The Bertz CT molecular complexity index is 986. The van der Waals surface area contributed by atoms with Gasteiger partial charge in [0.25, 0.3) is 0 Å². The molecule has 0 fully saturated rings. The van der Waals surface area contributed by atoms with Crippen molar-refractivity contribution in [3.8, 4) is 0 Å². The zero-order chi connectivity index (χ0) is 33.0. The standard InChI is InChI=1S/C35H58O8P2/c1-3-5-7-9-11-13-15-21-30-23-17-19-25-32(30)35(43-45(40)41,34(27-36,28-37)29-42-44(38)39)33-26-20-18-24-31(33)22-16-14-12-10-8-6-4-2/h17-20,23-26,36-41H,3-16,21-22,27-29H2,1-2H3. The maximum Gasteiger partial charge on any atom is 0.328 e. The van der Waals surface area contributed by atoms with Gasteiger partial charge < -0.3 is 34.3 Å². The van der Waals surface area contributed by atoms with E-state index in [0.717, 1.165) is 49.7 Å². The lowest BCUT2D eigenvalue weighted by atomic mass is 9.63. The van der Waals surface area contributed by atoms with Gasteiger partial charge >= 0.3 is 17.2 Å². The summed E-state index contributed by atoms with van der Waals surface area (Å²) in [4.78, 5) is 40.6. The lowest BCUT2D eigenvalue weighted by Gasteiger charge is -2.50. The molecule has 0 aromatic heterocycles.